The van der Waals surface area contributed by atoms with Gasteiger partial charge in [-0.15, -0.1) is 0 Å². The van der Waals surface area contributed by atoms with Crippen molar-refractivity contribution in [2.45, 2.75) is 19.3 Å². The third-order valence-electron chi connectivity index (χ3n) is 4.45. The molecule has 0 aliphatic carbocycles. The van der Waals surface area contributed by atoms with Gasteiger partial charge in [-0.3, -0.25) is 9.59 Å². The van der Waals surface area contributed by atoms with Crippen LogP contribution in [-0.2, 0) is 16.0 Å². The number of anilines is 1. The van der Waals surface area contributed by atoms with E-state index in [0.717, 1.165) is 17.7 Å². The summed E-state index contributed by atoms with van der Waals surface area (Å²) in [6.07, 6.45) is 1.68. The van der Waals surface area contributed by atoms with Crippen molar-refractivity contribution in [1.29, 1.82) is 0 Å². The van der Waals surface area contributed by atoms with Crippen LogP contribution in [0.5, 0.6) is 11.5 Å². The third kappa shape index (κ3) is 6.02. The Labute approximate surface area is 179 Å². The summed E-state index contributed by atoms with van der Waals surface area (Å²) >= 11 is 11.8. The molecule has 0 atom stereocenters. The van der Waals surface area contributed by atoms with Crippen LogP contribution in [0.25, 0.3) is 0 Å². The number of halogens is 2. The first-order valence-corrected chi connectivity index (χ1v) is 10.1. The summed E-state index contributed by atoms with van der Waals surface area (Å²) in [4.78, 5) is 26.0. The van der Waals surface area contributed by atoms with Crippen molar-refractivity contribution in [3.63, 3.8) is 0 Å². The molecule has 0 spiro atoms. The first-order chi connectivity index (χ1) is 13.9. The number of fused-ring (bicyclic) bond motifs is 1. The number of hydrogen-bond acceptors (Lipinski definition) is 4. The van der Waals surface area contributed by atoms with Gasteiger partial charge in [-0.2, -0.15) is 0 Å². The zero-order valence-corrected chi connectivity index (χ0v) is 17.6. The summed E-state index contributed by atoms with van der Waals surface area (Å²) in [6, 6.07) is 10.5. The Morgan fingerprint density at radius 3 is 2.55 bits per heavy atom. The minimum atomic E-state index is -0.310. The highest BCUT2D eigenvalue weighted by Gasteiger charge is 2.15. The van der Waals surface area contributed by atoms with Crippen molar-refractivity contribution >= 4 is 40.7 Å². The van der Waals surface area contributed by atoms with Gasteiger partial charge in [0.1, 0.15) is 0 Å². The molecule has 0 unspecified atom stereocenters. The molecule has 2 aromatic carbocycles. The summed E-state index contributed by atoms with van der Waals surface area (Å²) in [5.41, 5.74) is 1.51. The molecule has 0 aromatic heterocycles. The Bertz CT molecular complexity index is 904. The van der Waals surface area contributed by atoms with E-state index in [4.69, 9.17) is 32.7 Å². The monoisotopic (exact) mass is 436 g/mol. The normalized spacial score (nSPS) is 12.8. The van der Waals surface area contributed by atoms with Gasteiger partial charge in [0.2, 0.25) is 11.8 Å². The predicted octanol–water partition coefficient (Wildman–Crippen LogP) is 4.18. The van der Waals surface area contributed by atoms with Gasteiger partial charge >= 0.3 is 0 Å². The van der Waals surface area contributed by atoms with Crippen LogP contribution in [0.15, 0.2) is 36.4 Å². The van der Waals surface area contributed by atoms with Crippen molar-refractivity contribution in [2.24, 2.45) is 0 Å². The summed E-state index contributed by atoms with van der Waals surface area (Å²) in [5.74, 6) is 1.01. The van der Waals surface area contributed by atoms with E-state index in [1.807, 2.05) is 18.2 Å². The molecule has 8 heteroatoms. The first-order valence-electron chi connectivity index (χ1n) is 9.30. The molecule has 0 fully saturated rings. The molecule has 0 saturated carbocycles. The highest BCUT2D eigenvalue weighted by molar-refractivity contribution is 6.42. The molecule has 154 valence electrons. The van der Waals surface area contributed by atoms with Crippen LogP contribution in [0, 0.1) is 0 Å². The standard InChI is InChI=1S/C21H22Cl2N2O4/c1-25(13-20(26)24-15-5-6-16(22)17(23)12-15)21(27)8-4-14-3-7-18-19(11-14)29-10-2-9-28-18/h3,5-7,11-12H,2,4,8-10,13H2,1H3,(H,24,26). The van der Waals surface area contributed by atoms with E-state index in [1.165, 1.54) is 4.90 Å². The number of aryl methyl sites for hydroxylation is 1. The molecule has 29 heavy (non-hydrogen) atoms. The van der Waals surface area contributed by atoms with E-state index in [0.29, 0.717) is 41.1 Å². The Hall–Kier alpha value is -2.44. The van der Waals surface area contributed by atoms with Gasteiger partial charge < -0.3 is 19.7 Å². The fourth-order valence-electron chi connectivity index (χ4n) is 2.88. The molecule has 3 rings (SSSR count). The maximum Gasteiger partial charge on any atom is 0.243 e. The Kier molecular flexibility index (Phi) is 7.23. The minimum Gasteiger partial charge on any atom is -0.490 e. The van der Waals surface area contributed by atoms with E-state index in [9.17, 15) is 9.59 Å². The van der Waals surface area contributed by atoms with Crippen LogP contribution in [-0.4, -0.2) is 43.5 Å². The maximum atomic E-state index is 12.4. The molecule has 0 radical (unpaired) electrons. The SMILES string of the molecule is CN(CC(=O)Nc1ccc(Cl)c(Cl)c1)C(=O)CCc1ccc2c(c1)OCCCO2. The van der Waals surface area contributed by atoms with Crippen molar-refractivity contribution < 1.29 is 19.1 Å². The molecule has 1 heterocycles. The highest BCUT2D eigenvalue weighted by Crippen LogP contribution is 2.30. The summed E-state index contributed by atoms with van der Waals surface area (Å²) in [7, 11) is 1.60. The molecule has 2 amide bonds. The molecule has 2 aromatic rings. The topological polar surface area (TPSA) is 67.9 Å². The third-order valence-corrected chi connectivity index (χ3v) is 5.19. The number of rotatable bonds is 6. The average Bonchev–Trinajstić information content (AvgIpc) is 2.93. The Balaban J connectivity index is 1.49. The van der Waals surface area contributed by atoms with Crippen molar-refractivity contribution in [2.75, 3.05) is 32.1 Å². The molecule has 1 aliphatic heterocycles. The van der Waals surface area contributed by atoms with Crippen molar-refractivity contribution in [3.8, 4) is 11.5 Å². The molecule has 1 N–H and O–H groups in total. The van der Waals surface area contributed by atoms with Gasteiger partial charge in [0.05, 0.1) is 29.8 Å². The van der Waals surface area contributed by atoms with Crippen LogP contribution >= 0.6 is 23.2 Å². The second kappa shape index (κ2) is 9.85. The number of amides is 2. The van der Waals surface area contributed by atoms with Crippen molar-refractivity contribution in [1.82, 2.24) is 4.90 Å². The number of nitrogens with zero attached hydrogens (tertiary/aromatic N) is 1. The molecule has 6 nitrogen and oxygen atoms in total. The fourth-order valence-corrected chi connectivity index (χ4v) is 3.18. The minimum absolute atomic E-state index is 0.0553. The smallest absolute Gasteiger partial charge is 0.243 e. The van der Waals surface area contributed by atoms with E-state index in [-0.39, 0.29) is 24.8 Å². The predicted molar refractivity (Wildman–Crippen MR) is 113 cm³/mol. The summed E-state index contributed by atoms with van der Waals surface area (Å²) in [5, 5.41) is 3.46. The van der Waals surface area contributed by atoms with Crippen LogP contribution in [0.1, 0.15) is 18.4 Å². The van der Waals surface area contributed by atoms with Gasteiger partial charge in [0.15, 0.2) is 11.5 Å². The largest absolute Gasteiger partial charge is 0.490 e. The molecular formula is C21H22Cl2N2O4. The summed E-state index contributed by atoms with van der Waals surface area (Å²) < 4.78 is 11.3. The van der Waals surface area contributed by atoms with E-state index in [2.05, 4.69) is 5.32 Å². The zero-order valence-electron chi connectivity index (χ0n) is 16.0. The molecule has 0 bridgehead atoms. The van der Waals surface area contributed by atoms with Crippen LogP contribution in [0.4, 0.5) is 5.69 Å². The lowest BCUT2D eigenvalue weighted by Crippen LogP contribution is -2.35. The van der Waals surface area contributed by atoms with E-state index in [1.54, 1.807) is 25.2 Å². The zero-order chi connectivity index (χ0) is 20.8. The number of benzene rings is 2. The lowest BCUT2D eigenvalue weighted by molar-refractivity contribution is -0.133. The van der Waals surface area contributed by atoms with E-state index >= 15 is 0 Å². The van der Waals surface area contributed by atoms with Gasteiger partial charge in [0.25, 0.3) is 0 Å². The molecule has 1 aliphatic rings. The van der Waals surface area contributed by atoms with Crippen LogP contribution in [0.2, 0.25) is 10.0 Å². The fraction of sp³-hybridized carbons (Fsp3) is 0.333. The van der Waals surface area contributed by atoms with Gasteiger partial charge in [-0.05, 0) is 42.3 Å². The Morgan fingerprint density at radius 1 is 1.03 bits per heavy atom. The average molecular weight is 437 g/mol. The van der Waals surface area contributed by atoms with Crippen LogP contribution < -0.4 is 14.8 Å². The number of likely N-dealkylation sites (N-methyl/N-ethyl adjacent to an activating group) is 1. The number of hydrogen-bond donors (Lipinski definition) is 1. The van der Waals surface area contributed by atoms with Crippen LogP contribution in [0.3, 0.4) is 0 Å². The second-order valence-corrected chi connectivity index (χ2v) is 7.57. The van der Waals surface area contributed by atoms with Crippen molar-refractivity contribution in [3.05, 3.63) is 52.0 Å². The maximum absolute atomic E-state index is 12.4. The number of carbonyl (C=O) groups excluding carboxylic acids is 2. The highest BCUT2D eigenvalue weighted by atomic mass is 35.5. The molecule has 0 saturated heterocycles. The number of nitrogens with one attached hydrogen (secondary N) is 1. The van der Waals surface area contributed by atoms with Gasteiger partial charge in [-0.1, -0.05) is 29.3 Å². The van der Waals surface area contributed by atoms with Gasteiger partial charge in [-0.25, -0.2) is 0 Å². The number of carbonyl (C=O) groups is 2. The Morgan fingerprint density at radius 2 is 1.79 bits per heavy atom. The van der Waals surface area contributed by atoms with Gasteiger partial charge in [0, 0.05) is 25.6 Å². The quantitative estimate of drug-likeness (QED) is 0.736. The second-order valence-electron chi connectivity index (χ2n) is 6.76. The number of ether oxygens (including phenoxy) is 2. The first kappa shape index (κ1) is 21.3. The lowest BCUT2D eigenvalue weighted by atomic mass is 10.1. The van der Waals surface area contributed by atoms with E-state index < -0.39 is 0 Å². The lowest BCUT2D eigenvalue weighted by Gasteiger charge is -2.17. The molecular weight excluding hydrogens is 415 g/mol. The summed E-state index contributed by atoms with van der Waals surface area (Å²) in [6.45, 7) is 1.20.